The van der Waals surface area contributed by atoms with E-state index in [-0.39, 0.29) is 6.10 Å². The molecule has 2 fully saturated rings. The van der Waals surface area contributed by atoms with Gasteiger partial charge in [-0.25, -0.2) is 0 Å². The highest BCUT2D eigenvalue weighted by Crippen LogP contribution is 2.24. The van der Waals surface area contributed by atoms with Crippen molar-refractivity contribution in [1.82, 2.24) is 4.90 Å². The Hall–Kier alpha value is -0.610. The lowest BCUT2D eigenvalue weighted by atomic mass is 10.00. The molecule has 2 aliphatic rings. The first kappa shape index (κ1) is 11.9. The topological polar surface area (TPSA) is 56.1 Å². The van der Waals surface area contributed by atoms with Gasteiger partial charge in [0.1, 0.15) is 0 Å². The second kappa shape index (κ2) is 5.64. The molecule has 2 rings (SSSR count). The second-order valence-electron chi connectivity index (χ2n) is 4.97. The zero-order valence-electron chi connectivity index (χ0n) is 9.81. The van der Waals surface area contributed by atoms with Crippen LogP contribution in [0.25, 0.3) is 0 Å². The summed E-state index contributed by atoms with van der Waals surface area (Å²) in [4.78, 5) is 2.38. The molecule has 1 saturated heterocycles. The molecule has 1 heterocycles. The van der Waals surface area contributed by atoms with E-state index in [1.807, 2.05) is 0 Å². The van der Waals surface area contributed by atoms with E-state index in [0.29, 0.717) is 6.04 Å². The Morgan fingerprint density at radius 2 is 1.75 bits per heavy atom. The van der Waals surface area contributed by atoms with Crippen LogP contribution >= 0.6 is 0 Å². The van der Waals surface area contributed by atoms with Gasteiger partial charge < -0.3 is 10.3 Å². The molecule has 0 amide bonds. The summed E-state index contributed by atoms with van der Waals surface area (Å²) in [5.41, 5.74) is 0.902. The van der Waals surface area contributed by atoms with Crippen LogP contribution in [0.5, 0.6) is 0 Å². The number of likely N-dealkylation sites (tertiary alicyclic amines) is 1. The first-order valence-corrected chi connectivity index (χ1v) is 6.43. The molecule has 0 bridgehead atoms. The fourth-order valence-electron chi connectivity index (χ4n) is 2.91. The number of hydrogen-bond donors (Lipinski definition) is 2. The molecular weight excluding hydrogens is 204 g/mol. The van der Waals surface area contributed by atoms with Crippen molar-refractivity contribution in [1.29, 1.82) is 0 Å². The van der Waals surface area contributed by atoms with Crippen LogP contribution in [-0.2, 0) is 0 Å². The maximum absolute atomic E-state index is 10.1. The van der Waals surface area contributed by atoms with Gasteiger partial charge in [0.25, 0.3) is 0 Å². The third kappa shape index (κ3) is 2.74. The van der Waals surface area contributed by atoms with Gasteiger partial charge in [0, 0.05) is 32.0 Å². The molecule has 2 N–H and O–H groups in total. The van der Waals surface area contributed by atoms with E-state index >= 15 is 0 Å². The number of hydrogen-bond acceptors (Lipinski definition) is 4. The summed E-state index contributed by atoms with van der Waals surface area (Å²) in [5, 5.41) is 22.1. The molecule has 4 heteroatoms. The van der Waals surface area contributed by atoms with E-state index in [1.54, 1.807) is 0 Å². The first-order chi connectivity index (χ1) is 7.81. The van der Waals surface area contributed by atoms with Crippen molar-refractivity contribution in [2.75, 3.05) is 13.1 Å². The smallest absolute Gasteiger partial charge is 0.0695 e. The summed E-state index contributed by atoms with van der Waals surface area (Å²) >= 11 is 0. The number of aliphatic hydroxyl groups is 1. The van der Waals surface area contributed by atoms with Crippen molar-refractivity contribution in [2.45, 2.75) is 57.1 Å². The van der Waals surface area contributed by atoms with Crippen LogP contribution < -0.4 is 0 Å². The lowest BCUT2D eigenvalue weighted by Gasteiger charge is -2.36. The summed E-state index contributed by atoms with van der Waals surface area (Å²) in [5.74, 6) is 0. The van der Waals surface area contributed by atoms with Gasteiger partial charge in [-0.05, 0) is 12.8 Å². The van der Waals surface area contributed by atoms with Crippen LogP contribution in [0.15, 0.2) is 5.16 Å². The van der Waals surface area contributed by atoms with E-state index in [4.69, 9.17) is 5.21 Å². The van der Waals surface area contributed by atoms with Crippen molar-refractivity contribution < 1.29 is 10.3 Å². The number of aliphatic hydroxyl groups excluding tert-OH is 1. The van der Waals surface area contributed by atoms with Gasteiger partial charge in [-0.2, -0.15) is 0 Å². The average Bonchev–Trinajstić information content (AvgIpc) is 2.54. The second-order valence-corrected chi connectivity index (χ2v) is 4.97. The zero-order chi connectivity index (χ0) is 11.4. The number of nitrogens with zero attached hydrogens (tertiary/aromatic N) is 2. The maximum atomic E-state index is 10.1. The van der Waals surface area contributed by atoms with E-state index in [0.717, 1.165) is 50.9 Å². The van der Waals surface area contributed by atoms with Gasteiger partial charge in [0.15, 0.2) is 0 Å². The molecule has 0 radical (unpaired) electrons. The van der Waals surface area contributed by atoms with E-state index < -0.39 is 0 Å². The van der Waals surface area contributed by atoms with Gasteiger partial charge in [-0.1, -0.05) is 24.4 Å². The Kier molecular flexibility index (Phi) is 4.18. The molecule has 1 saturated carbocycles. The molecule has 2 unspecified atom stereocenters. The lowest BCUT2D eigenvalue weighted by Crippen LogP contribution is -2.47. The molecule has 2 atom stereocenters. The van der Waals surface area contributed by atoms with E-state index in [2.05, 4.69) is 10.1 Å². The van der Waals surface area contributed by atoms with Gasteiger partial charge in [0.05, 0.1) is 11.8 Å². The summed E-state index contributed by atoms with van der Waals surface area (Å²) in [6.07, 6.45) is 7.25. The molecule has 0 spiro atoms. The van der Waals surface area contributed by atoms with Gasteiger partial charge in [-0.3, -0.25) is 4.90 Å². The van der Waals surface area contributed by atoms with Crippen molar-refractivity contribution in [3.05, 3.63) is 0 Å². The molecule has 0 aromatic carbocycles. The Labute approximate surface area is 96.9 Å². The summed E-state index contributed by atoms with van der Waals surface area (Å²) in [7, 11) is 0. The summed E-state index contributed by atoms with van der Waals surface area (Å²) in [6, 6.07) is 0.336. The molecule has 16 heavy (non-hydrogen) atoms. The number of oxime groups is 1. The SMILES string of the molecule is ON=C1CCN(C2CCCCCC2O)CC1. The minimum atomic E-state index is -0.157. The Bertz CT molecular complexity index is 245. The van der Waals surface area contributed by atoms with Gasteiger partial charge >= 0.3 is 0 Å². The van der Waals surface area contributed by atoms with E-state index in [1.165, 1.54) is 12.8 Å². The number of piperidine rings is 1. The fourth-order valence-corrected chi connectivity index (χ4v) is 2.91. The minimum Gasteiger partial charge on any atom is -0.411 e. The Morgan fingerprint density at radius 3 is 2.44 bits per heavy atom. The predicted molar refractivity (Wildman–Crippen MR) is 62.9 cm³/mol. The van der Waals surface area contributed by atoms with Crippen molar-refractivity contribution in [3.63, 3.8) is 0 Å². The van der Waals surface area contributed by atoms with Crippen LogP contribution in [0.3, 0.4) is 0 Å². The highest BCUT2D eigenvalue weighted by atomic mass is 16.4. The highest BCUT2D eigenvalue weighted by molar-refractivity contribution is 5.84. The molecule has 0 aromatic rings. The molecule has 0 aromatic heterocycles. The Balaban J connectivity index is 1.91. The lowest BCUT2D eigenvalue weighted by molar-refractivity contribution is 0.0432. The maximum Gasteiger partial charge on any atom is 0.0695 e. The highest BCUT2D eigenvalue weighted by Gasteiger charge is 2.29. The molecule has 4 nitrogen and oxygen atoms in total. The quantitative estimate of drug-likeness (QED) is 0.406. The zero-order valence-corrected chi connectivity index (χ0v) is 9.81. The minimum absolute atomic E-state index is 0.157. The summed E-state index contributed by atoms with van der Waals surface area (Å²) in [6.45, 7) is 1.86. The fraction of sp³-hybridized carbons (Fsp3) is 0.917. The van der Waals surface area contributed by atoms with Gasteiger partial charge in [-0.15, -0.1) is 0 Å². The third-order valence-corrected chi connectivity index (χ3v) is 3.93. The van der Waals surface area contributed by atoms with Crippen LogP contribution in [0.4, 0.5) is 0 Å². The van der Waals surface area contributed by atoms with Crippen molar-refractivity contribution in [2.24, 2.45) is 5.16 Å². The monoisotopic (exact) mass is 226 g/mol. The first-order valence-electron chi connectivity index (χ1n) is 6.43. The van der Waals surface area contributed by atoms with Crippen LogP contribution in [0.1, 0.15) is 44.9 Å². The van der Waals surface area contributed by atoms with E-state index in [9.17, 15) is 5.11 Å². The molecule has 1 aliphatic heterocycles. The standard InChI is InChI=1S/C12H22N2O2/c15-12-5-3-1-2-4-11(12)14-8-6-10(13-16)7-9-14/h11-12,15-16H,1-9H2. The van der Waals surface area contributed by atoms with Crippen LogP contribution in [0, 0.1) is 0 Å². The molecular formula is C12H22N2O2. The van der Waals surface area contributed by atoms with Gasteiger partial charge in [0.2, 0.25) is 0 Å². The van der Waals surface area contributed by atoms with Crippen LogP contribution in [-0.4, -0.2) is 46.2 Å². The molecule has 92 valence electrons. The van der Waals surface area contributed by atoms with Crippen molar-refractivity contribution >= 4 is 5.71 Å². The normalized spacial score (nSPS) is 33.4. The number of rotatable bonds is 1. The predicted octanol–water partition coefficient (Wildman–Crippen LogP) is 1.61. The third-order valence-electron chi connectivity index (χ3n) is 3.93. The van der Waals surface area contributed by atoms with Crippen LogP contribution in [0.2, 0.25) is 0 Å². The largest absolute Gasteiger partial charge is 0.411 e. The Morgan fingerprint density at radius 1 is 1.06 bits per heavy atom. The van der Waals surface area contributed by atoms with Crippen molar-refractivity contribution in [3.8, 4) is 0 Å². The molecule has 1 aliphatic carbocycles. The average molecular weight is 226 g/mol. The summed E-state index contributed by atoms with van der Waals surface area (Å²) < 4.78 is 0.